The third-order valence-electron chi connectivity index (χ3n) is 3.76. The van der Waals surface area contributed by atoms with Crippen LogP contribution < -0.4 is 0 Å². The smallest absolute Gasteiger partial charge is 0.0594 e. The van der Waals surface area contributed by atoms with Gasteiger partial charge in [0.2, 0.25) is 0 Å². The molecule has 6 nitrogen and oxygen atoms in total. The summed E-state index contributed by atoms with van der Waals surface area (Å²) in [4.78, 5) is 7.17. The molecular weight excluding hydrogens is 246 g/mol. The van der Waals surface area contributed by atoms with E-state index < -0.39 is 0 Å². The first-order valence-corrected chi connectivity index (χ1v) is 7.32. The van der Waals surface area contributed by atoms with E-state index in [4.69, 9.17) is 9.47 Å². The lowest BCUT2D eigenvalue weighted by Crippen LogP contribution is -2.48. The lowest BCUT2D eigenvalue weighted by atomic mass is 10.4. The van der Waals surface area contributed by atoms with Gasteiger partial charge in [-0.15, -0.1) is 0 Å². The molecule has 0 aromatic carbocycles. The Labute approximate surface area is 115 Å². The molecular formula is C13H27N3O3. The van der Waals surface area contributed by atoms with Crippen molar-refractivity contribution in [1.82, 2.24) is 14.7 Å². The topological polar surface area (TPSA) is 48.4 Å². The first-order chi connectivity index (χ1) is 9.38. The van der Waals surface area contributed by atoms with Crippen LogP contribution in [-0.2, 0) is 9.47 Å². The van der Waals surface area contributed by atoms with Crippen molar-refractivity contribution in [2.24, 2.45) is 0 Å². The van der Waals surface area contributed by atoms with E-state index >= 15 is 0 Å². The number of nitrogens with zero attached hydrogens (tertiary/aromatic N) is 3. The van der Waals surface area contributed by atoms with Crippen molar-refractivity contribution in [1.29, 1.82) is 0 Å². The summed E-state index contributed by atoms with van der Waals surface area (Å²) in [7, 11) is 0. The highest BCUT2D eigenvalue weighted by Crippen LogP contribution is 2.02. The Hall–Kier alpha value is -0.240. The van der Waals surface area contributed by atoms with Crippen LogP contribution in [0.1, 0.15) is 0 Å². The molecule has 0 saturated carbocycles. The van der Waals surface area contributed by atoms with Crippen molar-refractivity contribution in [2.45, 2.75) is 0 Å². The lowest BCUT2D eigenvalue weighted by molar-refractivity contribution is -0.000863. The van der Waals surface area contributed by atoms with Gasteiger partial charge < -0.3 is 14.6 Å². The van der Waals surface area contributed by atoms with Gasteiger partial charge in [0.1, 0.15) is 0 Å². The average Bonchev–Trinajstić information content (AvgIpc) is 2.47. The maximum Gasteiger partial charge on any atom is 0.0594 e. The van der Waals surface area contributed by atoms with Crippen molar-refractivity contribution in [3.8, 4) is 0 Å². The first kappa shape index (κ1) is 15.2. The fourth-order valence-electron chi connectivity index (χ4n) is 2.53. The molecule has 0 spiro atoms. The van der Waals surface area contributed by atoms with E-state index in [0.717, 1.165) is 78.9 Å². The summed E-state index contributed by atoms with van der Waals surface area (Å²) in [5.41, 5.74) is 0. The first-order valence-electron chi connectivity index (χ1n) is 7.32. The zero-order valence-corrected chi connectivity index (χ0v) is 11.8. The Morgan fingerprint density at radius 3 is 2.00 bits per heavy atom. The molecule has 1 N–H and O–H groups in total. The minimum absolute atomic E-state index is 0.230. The summed E-state index contributed by atoms with van der Waals surface area (Å²) >= 11 is 0. The molecule has 112 valence electrons. The Kier molecular flexibility index (Phi) is 7.05. The molecule has 0 atom stereocenters. The SMILES string of the molecule is OCCN(CCN1CCOCC1)CN1CCOCC1. The Bertz CT molecular complexity index is 231. The van der Waals surface area contributed by atoms with Crippen LogP contribution in [0.15, 0.2) is 0 Å². The maximum absolute atomic E-state index is 9.18. The number of rotatable bonds is 7. The predicted octanol–water partition coefficient (Wildman–Crippen LogP) is -1.10. The van der Waals surface area contributed by atoms with E-state index in [1.54, 1.807) is 0 Å². The molecule has 0 amide bonds. The number of morpholine rings is 2. The molecule has 2 fully saturated rings. The Morgan fingerprint density at radius 1 is 0.842 bits per heavy atom. The van der Waals surface area contributed by atoms with Gasteiger partial charge in [-0.05, 0) is 0 Å². The van der Waals surface area contributed by atoms with Gasteiger partial charge in [0.15, 0.2) is 0 Å². The van der Waals surface area contributed by atoms with Crippen molar-refractivity contribution in [2.75, 3.05) is 85.5 Å². The molecule has 0 radical (unpaired) electrons. The number of hydrogen-bond donors (Lipinski definition) is 1. The molecule has 0 unspecified atom stereocenters. The molecule has 0 aromatic rings. The average molecular weight is 273 g/mol. The quantitative estimate of drug-likeness (QED) is 0.636. The van der Waals surface area contributed by atoms with E-state index in [2.05, 4.69) is 14.7 Å². The van der Waals surface area contributed by atoms with Crippen LogP contribution in [0.2, 0.25) is 0 Å². The third kappa shape index (κ3) is 5.72. The van der Waals surface area contributed by atoms with Crippen LogP contribution in [0.3, 0.4) is 0 Å². The minimum atomic E-state index is 0.230. The fraction of sp³-hybridized carbons (Fsp3) is 1.00. The highest BCUT2D eigenvalue weighted by molar-refractivity contribution is 4.68. The van der Waals surface area contributed by atoms with Gasteiger partial charge in [-0.25, -0.2) is 0 Å². The molecule has 2 aliphatic rings. The van der Waals surface area contributed by atoms with Crippen molar-refractivity contribution in [3.63, 3.8) is 0 Å². The van der Waals surface area contributed by atoms with E-state index in [0.29, 0.717) is 0 Å². The number of ether oxygens (including phenoxy) is 2. The molecule has 2 saturated heterocycles. The minimum Gasteiger partial charge on any atom is -0.395 e. The summed E-state index contributed by atoms with van der Waals surface area (Å²) < 4.78 is 10.7. The van der Waals surface area contributed by atoms with Crippen LogP contribution in [0.4, 0.5) is 0 Å². The number of aliphatic hydroxyl groups excluding tert-OH is 1. The van der Waals surface area contributed by atoms with E-state index in [-0.39, 0.29) is 6.61 Å². The zero-order valence-electron chi connectivity index (χ0n) is 11.8. The number of aliphatic hydroxyl groups is 1. The van der Waals surface area contributed by atoms with Crippen molar-refractivity contribution >= 4 is 0 Å². The molecule has 0 bridgehead atoms. The monoisotopic (exact) mass is 273 g/mol. The second kappa shape index (κ2) is 8.84. The van der Waals surface area contributed by atoms with Crippen LogP contribution in [0.25, 0.3) is 0 Å². The van der Waals surface area contributed by atoms with Gasteiger partial charge in [0, 0.05) is 45.8 Å². The van der Waals surface area contributed by atoms with Crippen LogP contribution >= 0.6 is 0 Å². The third-order valence-corrected chi connectivity index (χ3v) is 3.76. The van der Waals surface area contributed by atoms with Crippen molar-refractivity contribution in [3.05, 3.63) is 0 Å². The Balaban J connectivity index is 1.68. The standard InChI is InChI=1S/C13H27N3O3/c17-8-3-15(13-16-6-11-19-12-7-16)2-1-14-4-9-18-10-5-14/h17H,1-13H2. The largest absolute Gasteiger partial charge is 0.395 e. The van der Waals surface area contributed by atoms with Crippen LogP contribution in [0, 0.1) is 0 Å². The van der Waals surface area contributed by atoms with E-state index in [1.807, 2.05) is 0 Å². The molecule has 2 rings (SSSR count). The molecule has 0 aromatic heterocycles. The fourth-order valence-corrected chi connectivity index (χ4v) is 2.53. The summed E-state index contributed by atoms with van der Waals surface area (Å²) in [6.07, 6.45) is 0. The van der Waals surface area contributed by atoms with Crippen molar-refractivity contribution < 1.29 is 14.6 Å². The van der Waals surface area contributed by atoms with Gasteiger partial charge in [-0.2, -0.15) is 0 Å². The van der Waals surface area contributed by atoms with Gasteiger partial charge in [0.05, 0.1) is 39.7 Å². The summed E-state index contributed by atoms with van der Waals surface area (Å²) in [6, 6.07) is 0. The lowest BCUT2D eigenvalue weighted by Gasteiger charge is -2.34. The molecule has 2 aliphatic heterocycles. The number of hydrogen-bond acceptors (Lipinski definition) is 6. The second-order valence-corrected chi connectivity index (χ2v) is 5.17. The molecule has 19 heavy (non-hydrogen) atoms. The summed E-state index contributed by atoms with van der Waals surface area (Å²) in [5.74, 6) is 0. The Morgan fingerprint density at radius 2 is 1.42 bits per heavy atom. The maximum atomic E-state index is 9.18. The van der Waals surface area contributed by atoms with E-state index in [9.17, 15) is 5.11 Å². The second-order valence-electron chi connectivity index (χ2n) is 5.17. The molecule has 6 heteroatoms. The highest BCUT2D eigenvalue weighted by atomic mass is 16.5. The summed E-state index contributed by atoms with van der Waals surface area (Å²) in [6.45, 7) is 11.4. The van der Waals surface area contributed by atoms with Crippen LogP contribution in [0.5, 0.6) is 0 Å². The zero-order chi connectivity index (χ0) is 13.3. The van der Waals surface area contributed by atoms with E-state index in [1.165, 1.54) is 0 Å². The molecule has 2 heterocycles. The molecule has 0 aliphatic carbocycles. The highest BCUT2D eigenvalue weighted by Gasteiger charge is 2.16. The normalized spacial score (nSPS) is 23.1. The van der Waals surface area contributed by atoms with Crippen LogP contribution in [-0.4, -0.2) is 105 Å². The summed E-state index contributed by atoms with van der Waals surface area (Å²) in [5, 5.41) is 9.18. The van der Waals surface area contributed by atoms with Gasteiger partial charge in [-0.3, -0.25) is 14.7 Å². The van der Waals surface area contributed by atoms with Gasteiger partial charge in [0.25, 0.3) is 0 Å². The predicted molar refractivity (Wildman–Crippen MR) is 73.2 cm³/mol. The van der Waals surface area contributed by atoms with Gasteiger partial charge in [-0.1, -0.05) is 0 Å². The van der Waals surface area contributed by atoms with Gasteiger partial charge >= 0.3 is 0 Å².